The Morgan fingerprint density at radius 3 is 2.39 bits per heavy atom. The Labute approximate surface area is 165 Å². The summed E-state index contributed by atoms with van der Waals surface area (Å²) in [5, 5.41) is 8.31. The monoisotopic (exact) mass is 367 g/mol. The molecule has 0 aliphatic rings. The van der Waals surface area contributed by atoms with Crippen molar-refractivity contribution in [1.29, 1.82) is 0 Å². The van der Waals surface area contributed by atoms with Crippen LogP contribution in [-0.4, -0.2) is 16.8 Å². The van der Waals surface area contributed by atoms with E-state index in [0.717, 1.165) is 23.1 Å². The molecule has 3 nitrogen and oxygen atoms in total. The van der Waals surface area contributed by atoms with Gasteiger partial charge in [0, 0.05) is 5.39 Å². The zero-order valence-corrected chi connectivity index (χ0v) is 16.0. The van der Waals surface area contributed by atoms with Gasteiger partial charge in [0.1, 0.15) is 5.75 Å². The number of ether oxygens (including phenoxy) is 1. The topological polar surface area (TPSA) is 37.9 Å². The van der Waals surface area contributed by atoms with Gasteiger partial charge in [-0.1, -0.05) is 55.5 Å². The second-order valence-corrected chi connectivity index (χ2v) is 6.62. The van der Waals surface area contributed by atoms with Crippen molar-refractivity contribution < 1.29 is 4.74 Å². The molecule has 1 heterocycles. The lowest BCUT2D eigenvalue weighted by Crippen LogP contribution is -1.96. The Hall–Kier alpha value is -3.33. The van der Waals surface area contributed by atoms with Gasteiger partial charge in [0.2, 0.25) is 0 Å². The second-order valence-electron chi connectivity index (χ2n) is 6.62. The van der Waals surface area contributed by atoms with Crippen molar-refractivity contribution in [2.45, 2.75) is 13.3 Å². The summed E-state index contributed by atoms with van der Waals surface area (Å²) in [6.07, 6.45) is 2.80. The van der Waals surface area contributed by atoms with Gasteiger partial charge in [-0.15, -0.1) is 0 Å². The van der Waals surface area contributed by atoms with Gasteiger partial charge in [0.25, 0.3) is 0 Å². The summed E-state index contributed by atoms with van der Waals surface area (Å²) in [5.74, 6) is 0.834. The van der Waals surface area contributed by atoms with Crippen LogP contribution in [0.1, 0.15) is 30.0 Å². The number of nitrogens with zero attached hydrogens (tertiary/aromatic N) is 1. The van der Waals surface area contributed by atoms with Gasteiger partial charge in [0.15, 0.2) is 0 Å². The van der Waals surface area contributed by atoms with E-state index in [-0.39, 0.29) is 0 Å². The molecule has 4 aromatic rings. The predicted octanol–water partition coefficient (Wildman–Crippen LogP) is 6.14. The third-order valence-corrected chi connectivity index (χ3v) is 4.92. The van der Waals surface area contributed by atoms with Crippen LogP contribution in [0.25, 0.3) is 22.0 Å². The molecule has 3 heteroatoms. The average molecular weight is 367 g/mol. The number of hydrogen-bond acceptors (Lipinski definition) is 2. The summed E-state index contributed by atoms with van der Waals surface area (Å²) >= 11 is 0. The molecule has 139 valence electrons. The fourth-order valence-electron chi connectivity index (χ4n) is 3.61. The maximum atomic E-state index is 5.53. The van der Waals surface area contributed by atoms with E-state index in [9.17, 15) is 0 Å². The Morgan fingerprint density at radius 2 is 1.68 bits per heavy atom. The van der Waals surface area contributed by atoms with E-state index in [1.165, 1.54) is 27.8 Å². The van der Waals surface area contributed by atoms with Crippen LogP contribution in [0.2, 0.25) is 0 Å². The smallest absolute Gasteiger partial charge is 0.119 e. The number of H-pyrrole nitrogens is 1. The fraction of sp³-hybridized carbons (Fsp3) is 0.120. The minimum atomic E-state index is 0.420. The first-order chi connectivity index (χ1) is 13.8. The van der Waals surface area contributed by atoms with Crippen molar-refractivity contribution in [3.05, 3.63) is 103 Å². The van der Waals surface area contributed by atoms with E-state index in [4.69, 9.17) is 4.74 Å². The third-order valence-electron chi connectivity index (χ3n) is 4.92. The lowest BCUT2D eigenvalue weighted by Gasteiger charge is -2.17. The number of fused-ring (bicyclic) bond motifs is 1. The lowest BCUT2D eigenvalue weighted by molar-refractivity contribution is 0.361. The lowest BCUT2D eigenvalue weighted by atomic mass is 9.88. The molecule has 0 bridgehead atoms. The summed E-state index contributed by atoms with van der Waals surface area (Å²) in [7, 11) is 0. The van der Waals surface area contributed by atoms with E-state index in [2.05, 4.69) is 84.7 Å². The molecule has 0 aliphatic carbocycles. The van der Waals surface area contributed by atoms with Gasteiger partial charge in [0.05, 0.1) is 18.3 Å². The first kappa shape index (κ1) is 18.1. The Kier molecular flexibility index (Phi) is 5.24. The van der Waals surface area contributed by atoms with Crippen molar-refractivity contribution in [2.75, 3.05) is 6.61 Å². The normalized spacial score (nSPS) is 12.1. The highest BCUT2D eigenvalue weighted by Crippen LogP contribution is 2.35. The molecular formula is C25H23N2O. The molecule has 0 aliphatic heterocycles. The SMILES string of the molecule is [CH2]COc1ccc(/C(=C(/CC)c2ccccc2)c2ccc3[nH]ncc3c2)cc1. The minimum Gasteiger partial charge on any atom is -0.494 e. The summed E-state index contributed by atoms with van der Waals surface area (Å²) in [6.45, 7) is 6.38. The van der Waals surface area contributed by atoms with Crippen molar-refractivity contribution in [3.8, 4) is 5.75 Å². The molecule has 3 aromatic carbocycles. The van der Waals surface area contributed by atoms with Crippen LogP contribution >= 0.6 is 0 Å². The van der Waals surface area contributed by atoms with Gasteiger partial charge >= 0.3 is 0 Å². The first-order valence-corrected chi connectivity index (χ1v) is 9.54. The van der Waals surface area contributed by atoms with E-state index < -0.39 is 0 Å². The third kappa shape index (κ3) is 3.56. The second kappa shape index (κ2) is 8.13. The summed E-state index contributed by atoms with van der Waals surface area (Å²) < 4.78 is 5.53. The molecule has 0 spiro atoms. The highest BCUT2D eigenvalue weighted by Gasteiger charge is 2.14. The quantitative estimate of drug-likeness (QED) is 0.415. The molecule has 0 atom stereocenters. The predicted molar refractivity (Wildman–Crippen MR) is 116 cm³/mol. The maximum absolute atomic E-state index is 5.53. The number of allylic oxidation sites excluding steroid dienone is 1. The van der Waals surface area contributed by atoms with Gasteiger partial charge in [-0.05, 0) is 65.4 Å². The molecule has 0 saturated carbocycles. The molecule has 1 aromatic heterocycles. The van der Waals surface area contributed by atoms with Gasteiger partial charge in [-0.2, -0.15) is 5.10 Å². The van der Waals surface area contributed by atoms with Crippen LogP contribution in [0.5, 0.6) is 5.75 Å². The Bertz CT molecular complexity index is 1090. The summed E-state index contributed by atoms with van der Waals surface area (Å²) in [6, 6.07) is 25.3. The number of nitrogens with one attached hydrogen (secondary N) is 1. The molecule has 0 unspecified atom stereocenters. The number of aromatic nitrogens is 2. The molecule has 0 amide bonds. The van der Waals surface area contributed by atoms with Crippen LogP contribution in [0.15, 0.2) is 79.0 Å². The van der Waals surface area contributed by atoms with Crippen molar-refractivity contribution in [2.24, 2.45) is 0 Å². The first-order valence-electron chi connectivity index (χ1n) is 9.54. The van der Waals surface area contributed by atoms with Crippen molar-refractivity contribution in [1.82, 2.24) is 10.2 Å². The van der Waals surface area contributed by atoms with Crippen molar-refractivity contribution >= 4 is 22.0 Å². The summed E-state index contributed by atoms with van der Waals surface area (Å²) in [5.41, 5.74) is 7.18. The van der Waals surface area contributed by atoms with Crippen LogP contribution in [-0.2, 0) is 0 Å². The zero-order chi connectivity index (χ0) is 19.3. The summed E-state index contributed by atoms with van der Waals surface area (Å²) in [4.78, 5) is 0. The van der Waals surface area contributed by atoms with E-state index in [1.807, 2.05) is 18.3 Å². The molecule has 1 radical (unpaired) electrons. The van der Waals surface area contributed by atoms with Crippen LogP contribution < -0.4 is 4.74 Å². The molecule has 28 heavy (non-hydrogen) atoms. The number of aromatic amines is 1. The van der Waals surface area contributed by atoms with Gasteiger partial charge in [-0.25, -0.2) is 0 Å². The van der Waals surface area contributed by atoms with E-state index in [0.29, 0.717) is 6.61 Å². The van der Waals surface area contributed by atoms with Gasteiger partial charge < -0.3 is 4.74 Å². The molecule has 1 N–H and O–H groups in total. The van der Waals surface area contributed by atoms with E-state index >= 15 is 0 Å². The van der Waals surface area contributed by atoms with Crippen LogP contribution in [0.4, 0.5) is 0 Å². The van der Waals surface area contributed by atoms with Gasteiger partial charge in [-0.3, -0.25) is 5.10 Å². The van der Waals surface area contributed by atoms with Crippen molar-refractivity contribution in [3.63, 3.8) is 0 Å². The average Bonchev–Trinajstić information content (AvgIpc) is 3.21. The number of benzene rings is 3. The Morgan fingerprint density at radius 1 is 0.929 bits per heavy atom. The zero-order valence-electron chi connectivity index (χ0n) is 16.0. The highest BCUT2D eigenvalue weighted by atomic mass is 16.5. The molecule has 0 fully saturated rings. The number of rotatable bonds is 6. The maximum Gasteiger partial charge on any atom is 0.119 e. The van der Waals surface area contributed by atoms with Crippen LogP contribution in [0, 0.1) is 6.92 Å². The largest absolute Gasteiger partial charge is 0.494 e. The molecule has 4 rings (SSSR count). The molecule has 0 saturated heterocycles. The highest BCUT2D eigenvalue weighted by molar-refractivity contribution is 6.00. The Balaban J connectivity index is 1.93. The van der Waals surface area contributed by atoms with Crippen LogP contribution in [0.3, 0.4) is 0 Å². The van der Waals surface area contributed by atoms with E-state index in [1.54, 1.807) is 0 Å². The minimum absolute atomic E-state index is 0.420. The molecular weight excluding hydrogens is 344 g/mol. The fourth-order valence-corrected chi connectivity index (χ4v) is 3.61. The standard InChI is InChI=1S/C25H23N2O/c1-3-23(18-8-6-5-7-9-18)25(19-10-13-22(14-11-19)28-4-2)20-12-15-24-21(16-20)17-26-27-24/h5-17H,2-4H2,1H3,(H,26,27)/b25-23+. The number of hydrogen-bond donors (Lipinski definition) is 1.